The number of benzene rings is 4. The van der Waals surface area contributed by atoms with E-state index >= 15 is 0 Å². The molecule has 0 saturated heterocycles. The number of carbonyl (C=O) groups is 2. The number of anilines is 1. The number of aryl methyl sites for hydroxylation is 1. The van der Waals surface area contributed by atoms with Crippen LogP contribution in [0.25, 0.3) is 0 Å². The standard InChI is InChI=1S/C33H34ClN3O4S/c1-3-35-33(39)31(22-26-12-6-4-7-13-26)36(23-27-14-10-11-17-30(27)34)32(38)24-37(28-15-8-5-9-16-28)42(40,41)29-20-18-25(2)19-21-29/h4-21,31H,3,22-24H2,1-2H3,(H,35,39)/t31-/m1/s1. The second-order valence-corrected chi connectivity index (χ2v) is 12.1. The first-order valence-corrected chi connectivity index (χ1v) is 15.5. The third-order valence-corrected chi connectivity index (χ3v) is 9.01. The first kappa shape index (κ1) is 30.8. The van der Waals surface area contributed by atoms with Crippen LogP contribution in [0.4, 0.5) is 5.69 Å². The lowest BCUT2D eigenvalue weighted by Gasteiger charge is -2.34. The van der Waals surface area contributed by atoms with Crippen LogP contribution < -0.4 is 9.62 Å². The summed E-state index contributed by atoms with van der Waals surface area (Å²) in [5.41, 5.74) is 2.75. The number of para-hydroxylation sites is 1. The molecular formula is C33H34ClN3O4S. The Hall–Kier alpha value is -4.14. The van der Waals surface area contributed by atoms with Crippen molar-refractivity contribution in [3.63, 3.8) is 0 Å². The van der Waals surface area contributed by atoms with Gasteiger partial charge >= 0.3 is 0 Å². The van der Waals surface area contributed by atoms with Gasteiger partial charge in [0.05, 0.1) is 10.6 Å². The molecule has 0 aliphatic carbocycles. The smallest absolute Gasteiger partial charge is 0.264 e. The van der Waals surface area contributed by atoms with Crippen LogP contribution in [0, 0.1) is 6.92 Å². The highest BCUT2D eigenvalue weighted by Gasteiger charge is 2.34. The predicted molar refractivity (Wildman–Crippen MR) is 167 cm³/mol. The quantitative estimate of drug-likeness (QED) is 0.228. The van der Waals surface area contributed by atoms with Gasteiger partial charge in [0.15, 0.2) is 0 Å². The number of sulfonamides is 1. The Labute approximate surface area is 252 Å². The van der Waals surface area contributed by atoms with Crippen molar-refractivity contribution in [2.45, 2.75) is 37.8 Å². The second kappa shape index (κ2) is 14.2. The van der Waals surface area contributed by atoms with E-state index in [1.54, 1.807) is 66.7 Å². The largest absolute Gasteiger partial charge is 0.355 e. The first-order valence-electron chi connectivity index (χ1n) is 13.7. The average Bonchev–Trinajstić information content (AvgIpc) is 2.99. The zero-order valence-corrected chi connectivity index (χ0v) is 25.2. The summed E-state index contributed by atoms with van der Waals surface area (Å²) in [6, 6.07) is 30.6. The molecule has 0 aliphatic heterocycles. The Morgan fingerprint density at radius 2 is 1.43 bits per heavy atom. The van der Waals surface area contributed by atoms with Gasteiger partial charge in [-0.25, -0.2) is 8.42 Å². The van der Waals surface area contributed by atoms with E-state index in [4.69, 9.17) is 11.6 Å². The Morgan fingerprint density at radius 1 is 0.833 bits per heavy atom. The van der Waals surface area contributed by atoms with E-state index in [9.17, 15) is 18.0 Å². The van der Waals surface area contributed by atoms with Crippen molar-refractivity contribution in [1.29, 1.82) is 0 Å². The van der Waals surface area contributed by atoms with Crippen LogP contribution >= 0.6 is 11.6 Å². The number of nitrogens with zero attached hydrogens (tertiary/aromatic N) is 2. The summed E-state index contributed by atoms with van der Waals surface area (Å²) in [5, 5.41) is 3.29. The van der Waals surface area contributed by atoms with E-state index in [1.807, 2.05) is 44.2 Å². The number of hydrogen-bond acceptors (Lipinski definition) is 4. The zero-order chi connectivity index (χ0) is 30.1. The summed E-state index contributed by atoms with van der Waals surface area (Å²) in [6.07, 6.45) is 0.235. The molecule has 9 heteroatoms. The summed E-state index contributed by atoms with van der Waals surface area (Å²) in [6.45, 7) is 3.55. The summed E-state index contributed by atoms with van der Waals surface area (Å²) < 4.78 is 29.0. The number of rotatable bonds is 12. The fourth-order valence-corrected chi connectivity index (χ4v) is 6.23. The number of carbonyl (C=O) groups excluding carboxylic acids is 2. The predicted octanol–water partition coefficient (Wildman–Crippen LogP) is 5.62. The lowest BCUT2D eigenvalue weighted by Crippen LogP contribution is -2.53. The Bertz CT molecular complexity index is 1600. The van der Waals surface area contributed by atoms with Crippen molar-refractivity contribution in [3.8, 4) is 0 Å². The summed E-state index contributed by atoms with van der Waals surface area (Å²) in [7, 11) is -4.14. The van der Waals surface area contributed by atoms with E-state index in [0.717, 1.165) is 15.4 Å². The van der Waals surface area contributed by atoms with Crippen molar-refractivity contribution >= 4 is 39.1 Å². The highest BCUT2D eigenvalue weighted by Crippen LogP contribution is 2.26. The highest BCUT2D eigenvalue weighted by molar-refractivity contribution is 7.92. The lowest BCUT2D eigenvalue weighted by molar-refractivity contribution is -0.140. The van der Waals surface area contributed by atoms with E-state index in [2.05, 4.69) is 5.32 Å². The third kappa shape index (κ3) is 7.57. The van der Waals surface area contributed by atoms with Gasteiger partial charge < -0.3 is 10.2 Å². The maximum Gasteiger partial charge on any atom is 0.264 e. The molecule has 0 fully saturated rings. The van der Waals surface area contributed by atoms with Gasteiger partial charge in [-0.1, -0.05) is 96.0 Å². The summed E-state index contributed by atoms with van der Waals surface area (Å²) in [5.74, 6) is -0.879. The monoisotopic (exact) mass is 603 g/mol. The van der Waals surface area contributed by atoms with Crippen molar-refractivity contribution in [2.75, 3.05) is 17.4 Å². The van der Waals surface area contributed by atoms with Crippen molar-refractivity contribution in [1.82, 2.24) is 10.2 Å². The van der Waals surface area contributed by atoms with Crippen LogP contribution in [-0.4, -0.2) is 44.3 Å². The molecule has 42 heavy (non-hydrogen) atoms. The SMILES string of the molecule is CCNC(=O)[C@@H](Cc1ccccc1)N(Cc1ccccc1Cl)C(=O)CN(c1ccccc1)S(=O)(=O)c1ccc(C)cc1. The van der Waals surface area contributed by atoms with E-state index in [-0.39, 0.29) is 23.8 Å². The topological polar surface area (TPSA) is 86.8 Å². The van der Waals surface area contributed by atoms with E-state index < -0.39 is 28.5 Å². The molecule has 4 aromatic rings. The molecule has 0 radical (unpaired) electrons. The minimum Gasteiger partial charge on any atom is -0.355 e. The Balaban J connectivity index is 1.78. The number of amides is 2. The summed E-state index contributed by atoms with van der Waals surface area (Å²) in [4.78, 5) is 29.3. The maximum atomic E-state index is 14.3. The second-order valence-electron chi connectivity index (χ2n) is 9.87. The number of halogens is 1. The van der Waals surface area contributed by atoms with Gasteiger partial charge in [0.25, 0.3) is 10.0 Å². The number of nitrogens with one attached hydrogen (secondary N) is 1. The van der Waals surface area contributed by atoms with Gasteiger partial charge in [0, 0.05) is 24.5 Å². The van der Waals surface area contributed by atoms with Crippen LogP contribution in [0.2, 0.25) is 5.02 Å². The van der Waals surface area contributed by atoms with Gasteiger partial charge in [0.1, 0.15) is 12.6 Å². The molecule has 4 aromatic carbocycles. The van der Waals surface area contributed by atoms with Gasteiger partial charge in [-0.15, -0.1) is 0 Å². The molecule has 0 spiro atoms. The van der Waals surface area contributed by atoms with Crippen molar-refractivity contribution < 1.29 is 18.0 Å². The minimum absolute atomic E-state index is 0.0142. The number of likely N-dealkylation sites (N-methyl/N-ethyl adjacent to an activating group) is 1. The summed E-state index contributed by atoms with van der Waals surface area (Å²) >= 11 is 6.50. The minimum atomic E-state index is -4.14. The molecule has 0 aliphatic rings. The molecule has 4 rings (SSSR count). The highest BCUT2D eigenvalue weighted by atomic mass is 35.5. The van der Waals surface area contributed by atoms with Crippen molar-refractivity contribution in [3.05, 3.63) is 131 Å². The van der Waals surface area contributed by atoms with Gasteiger partial charge in [-0.2, -0.15) is 0 Å². The van der Waals surface area contributed by atoms with Gasteiger partial charge in [0.2, 0.25) is 11.8 Å². The molecular weight excluding hydrogens is 570 g/mol. The molecule has 2 amide bonds. The molecule has 0 bridgehead atoms. The van der Waals surface area contributed by atoms with Crippen molar-refractivity contribution in [2.24, 2.45) is 0 Å². The Morgan fingerprint density at radius 3 is 2.05 bits per heavy atom. The molecule has 0 heterocycles. The molecule has 1 N–H and O–H groups in total. The lowest BCUT2D eigenvalue weighted by atomic mass is 10.0. The number of hydrogen-bond donors (Lipinski definition) is 1. The molecule has 0 aromatic heterocycles. The van der Waals surface area contributed by atoms with Crippen LogP contribution in [0.5, 0.6) is 0 Å². The molecule has 0 saturated carbocycles. The molecule has 218 valence electrons. The first-order chi connectivity index (χ1) is 20.2. The fraction of sp³-hybridized carbons (Fsp3) is 0.212. The van der Waals surface area contributed by atoms with Gasteiger partial charge in [-0.3, -0.25) is 13.9 Å². The van der Waals surface area contributed by atoms with Crippen LogP contribution in [0.1, 0.15) is 23.6 Å². The van der Waals surface area contributed by atoms with E-state index in [0.29, 0.717) is 22.8 Å². The zero-order valence-electron chi connectivity index (χ0n) is 23.6. The molecule has 1 atom stereocenters. The van der Waals surface area contributed by atoms with Crippen LogP contribution in [0.15, 0.2) is 114 Å². The average molecular weight is 604 g/mol. The van der Waals surface area contributed by atoms with E-state index in [1.165, 1.54) is 17.0 Å². The fourth-order valence-electron chi connectivity index (χ4n) is 4.62. The normalized spacial score (nSPS) is 11.9. The third-order valence-electron chi connectivity index (χ3n) is 6.85. The molecule has 0 unspecified atom stereocenters. The maximum absolute atomic E-state index is 14.3. The molecule has 7 nitrogen and oxygen atoms in total. The van der Waals surface area contributed by atoms with Crippen LogP contribution in [-0.2, 0) is 32.6 Å². The van der Waals surface area contributed by atoms with Gasteiger partial charge in [-0.05, 0) is 55.3 Å². The van der Waals surface area contributed by atoms with Crippen LogP contribution in [0.3, 0.4) is 0 Å². The Kier molecular flexibility index (Phi) is 10.4.